The van der Waals surface area contributed by atoms with E-state index in [9.17, 15) is 5.11 Å². The molecule has 2 unspecified atom stereocenters. The highest BCUT2D eigenvalue weighted by Crippen LogP contribution is 2.17. The van der Waals surface area contributed by atoms with E-state index in [1.807, 2.05) is 7.05 Å². The maximum absolute atomic E-state index is 9.42. The molecule has 4 nitrogen and oxygen atoms in total. The molecule has 4 heteroatoms. The smallest absolute Gasteiger partial charge is 0.0611 e. The summed E-state index contributed by atoms with van der Waals surface area (Å²) in [5.74, 6) is 0. The Labute approximate surface area is 106 Å². The van der Waals surface area contributed by atoms with E-state index in [0.717, 1.165) is 19.6 Å². The molecule has 0 aliphatic carbocycles. The van der Waals surface area contributed by atoms with Crippen LogP contribution in [-0.4, -0.2) is 61.5 Å². The standard InChI is InChI=1S/C13H30N2O2/c1-11(2)15(7-8-17-6)12(3)9-13(4,10-16)14-5/h11-12,14,16H,7-10H2,1-6H3. The largest absolute Gasteiger partial charge is 0.394 e. The zero-order valence-corrected chi connectivity index (χ0v) is 12.3. The van der Waals surface area contributed by atoms with Gasteiger partial charge in [-0.25, -0.2) is 0 Å². The summed E-state index contributed by atoms with van der Waals surface area (Å²) >= 11 is 0. The van der Waals surface area contributed by atoms with Crippen LogP contribution >= 0.6 is 0 Å². The molecule has 0 bridgehead atoms. The van der Waals surface area contributed by atoms with Gasteiger partial charge in [0.25, 0.3) is 0 Å². The molecule has 0 radical (unpaired) electrons. The second-order valence-electron chi connectivity index (χ2n) is 5.35. The lowest BCUT2D eigenvalue weighted by Crippen LogP contribution is -2.51. The Morgan fingerprint density at radius 2 is 1.94 bits per heavy atom. The summed E-state index contributed by atoms with van der Waals surface area (Å²) in [6.07, 6.45) is 0.919. The van der Waals surface area contributed by atoms with E-state index >= 15 is 0 Å². The Bertz CT molecular complexity index is 194. The van der Waals surface area contributed by atoms with Crippen LogP contribution in [0.1, 0.15) is 34.1 Å². The minimum absolute atomic E-state index is 0.157. The molecule has 0 aliphatic rings. The monoisotopic (exact) mass is 246 g/mol. The third kappa shape index (κ3) is 5.82. The molecule has 0 heterocycles. The van der Waals surface area contributed by atoms with Crippen molar-refractivity contribution in [2.24, 2.45) is 0 Å². The number of hydrogen-bond donors (Lipinski definition) is 2. The predicted octanol–water partition coefficient (Wildman–Crippen LogP) is 1.09. The van der Waals surface area contributed by atoms with Gasteiger partial charge in [0.05, 0.1) is 13.2 Å². The van der Waals surface area contributed by atoms with Gasteiger partial charge in [0.1, 0.15) is 0 Å². The Hall–Kier alpha value is -0.160. The van der Waals surface area contributed by atoms with E-state index in [-0.39, 0.29) is 12.1 Å². The molecule has 0 saturated carbocycles. The van der Waals surface area contributed by atoms with Gasteiger partial charge in [-0.1, -0.05) is 0 Å². The van der Waals surface area contributed by atoms with E-state index in [4.69, 9.17) is 4.74 Å². The van der Waals surface area contributed by atoms with Gasteiger partial charge in [0.15, 0.2) is 0 Å². The predicted molar refractivity (Wildman–Crippen MR) is 72.3 cm³/mol. The van der Waals surface area contributed by atoms with Crippen molar-refractivity contribution in [3.8, 4) is 0 Å². The van der Waals surface area contributed by atoms with Crippen LogP contribution in [0.25, 0.3) is 0 Å². The van der Waals surface area contributed by atoms with Crippen LogP contribution in [-0.2, 0) is 4.74 Å². The highest BCUT2D eigenvalue weighted by atomic mass is 16.5. The first-order chi connectivity index (χ1) is 7.90. The number of methoxy groups -OCH3 is 1. The fraction of sp³-hybridized carbons (Fsp3) is 1.00. The van der Waals surface area contributed by atoms with Gasteiger partial charge in [-0.2, -0.15) is 0 Å². The fourth-order valence-corrected chi connectivity index (χ4v) is 2.20. The van der Waals surface area contributed by atoms with Crippen LogP contribution in [0.2, 0.25) is 0 Å². The Morgan fingerprint density at radius 1 is 1.35 bits per heavy atom. The molecule has 0 aromatic rings. The van der Waals surface area contributed by atoms with Gasteiger partial charge in [-0.15, -0.1) is 0 Å². The van der Waals surface area contributed by atoms with Crippen molar-refractivity contribution in [2.45, 2.75) is 51.7 Å². The Morgan fingerprint density at radius 3 is 2.29 bits per heavy atom. The number of hydrogen-bond acceptors (Lipinski definition) is 4. The van der Waals surface area contributed by atoms with Crippen molar-refractivity contribution in [3.63, 3.8) is 0 Å². The average molecular weight is 246 g/mol. The van der Waals surface area contributed by atoms with Crippen molar-refractivity contribution < 1.29 is 9.84 Å². The number of ether oxygens (including phenoxy) is 1. The molecule has 0 aromatic heterocycles. The minimum Gasteiger partial charge on any atom is -0.394 e. The molecule has 2 N–H and O–H groups in total. The normalized spacial score (nSPS) is 17.5. The van der Waals surface area contributed by atoms with Gasteiger partial charge in [0, 0.05) is 31.3 Å². The van der Waals surface area contributed by atoms with Crippen molar-refractivity contribution in [1.29, 1.82) is 0 Å². The first-order valence-corrected chi connectivity index (χ1v) is 6.44. The molecule has 0 aromatic carbocycles. The first kappa shape index (κ1) is 16.8. The van der Waals surface area contributed by atoms with Crippen molar-refractivity contribution in [3.05, 3.63) is 0 Å². The molecule has 2 atom stereocenters. The van der Waals surface area contributed by atoms with Crippen LogP contribution in [0.15, 0.2) is 0 Å². The Kier molecular flexibility index (Phi) is 7.96. The molecule has 0 amide bonds. The molecule has 0 rings (SSSR count). The number of nitrogens with zero attached hydrogens (tertiary/aromatic N) is 1. The third-order valence-corrected chi connectivity index (χ3v) is 3.48. The zero-order chi connectivity index (χ0) is 13.5. The second-order valence-corrected chi connectivity index (χ2v) is 5.35. The number of nitrogens with one attached hydrogen (secondary N) is 1. The quantitative estimate of drug-likeness (QED) is 0.639. The van der Waals surface area contributed by atoms with Gasteiger partial charge in [-0.3, -0.25) is 4.90 Å². The summed E-state index contributed by atoms with van der Waals surface area (Å²) in [6, 6.07) is 0.898. The lowest BCUT2D eigenvalue weighted by Gasteiger charge is -2.38. The van der Waals surface area contributed by atoms with Crippen LogP contribution in [0.5, 0.6) is 0 Å². The van der Waals surface area contributed by atoms with Gasteiger partial charge in [-0.05, 0) is 41.2 Å². The fourth-order valence-electron chi connectivity index (χ4n) is 2.20. The average Bonchev–Trinajstić information content (AvgIpc) is 2.29. The SMILES string of the molecule is CNC(C)(CO)CC(C)N(CCOC)C(C)C. The van der Waals surface area contributed by atoms with E-state index in [2.05, 4.69) is 37.9 Å². The van der Waals surface area contributed by atoms with Crippen LogP contribution in [0, 0.1) is 0 Å². The van der Waals surface area contributed by atoms with Gasteiger partial charge >= 0.3 is 0 Å². The highest BCUT2D eigenvalue weighted by Gasteiger charge is 2.27. The third-order valence-electron chi connectivity index (χ3n) is 3.48. The van der Waals surface area contributed by atoms with E-state index in [1.54, 1.807) is 7.11 Å². The number of likely N-dealkylation sites (N-methyl/N-ethyl adjacent to an activating group) is 1. The summed E-state index contributed by atoms with van der Waals surface area (Å²) in [4.78, 5) is 2.41. The molecule has 0 aliphatic heterocycles. The minimum atomic E-state index is -0.209. The summed E-state index contributed by atoms with van der Waals surface area (Å²) in [5, 5.41) is 12.6. The lowest BCUT2D eigenvalue weighted by atomic mass is 9.93. The van der Waals surface area contributed by atoms with Crippen LogP contribution in [0.4, 0.5) is 0 Å². The Balaban J connectivity index is 4.45. The van der Waals surface area contributed by atoms with Crippen LogP contribution < -0.4 is 5.32 Å². The van der Waals surface area contributed by atoms with Gasteiger partial charge < -0.3 is 15.2 Å². The maximum Gasteiger partial charge on any atom is 0.0611 e. The van der Waals surface area contributed by atoms with Crippen LogP contribution in [0.3, 0.4) is 0 Å². The first-order valence-electron chi connectivity index (χ1n) is 6.44. The molecule has 104 valence electrons. The number of aliphatic hydroxyl groups excluding tert-OH is 1. The summed E-state index contributed by atoms with van der Waals surface area (Å²) < 4.78 is 5.15. The second kappa shape index (κ2) is 8.03. The van der Waals surface area contributed by atoms with E-state index in [0.29, 0.717) is 12.1 Å². The molecule has 0 spiro atoms. The lowest BCUT2D eigenvalue weighted by molar-refractivity contribution is 0.0731. The zero-order valence-electron chi connectivity index (χ0n) is 12.3. The van der Waals surface area contributed by atoms with E-state index < -0.39 is 0 Å². The molecule has 0 saturated heterocycles. The number of aliphatic hydroxyl groups is 1. The molecular weight excluding hydrogens is 216 g/mol. The summed E-state index contributed by atoms with van der Waals surface area (Å²) in [7, 11) is 3.63. The van der Waals surface area contributed by atoms with Crippen molar-refractivity contribution in [2.75, 3.05) is 33.9 Å². The molecule has 0 fully saturated rings. The van der Waals surface area contributed by atoms with E-state index in [1.165, 1.54) is 0 Å². The highest BCUT2D eigenvalue weighted by molar-refractivity contribution is 4.86. The topological polar surface area (TPSA) is 44.7 Å². The summed E-state index contributed by atoms with van der Waals surface area (Å²) in [5.41, 5.74) is -0.209. The van der Waals surface area contributed by atoms with Gasteiger partial charge in [0.2, 0.25) is 0 Å². The summed E-state index contributed by atoms with van der Waals surface area (Å²) in [6.45, 7) is 10.5. The number of rotatable bonds is 9. The molecular formula is C13H30N2O2. The van der Waals surface area contributed by atoms with Crippen molar-refractivity contribution in [1.82, 2.24) is 10.2 Å². The molecule has 17 heavy (non-hydrogen) atoms. The maximum atomic E-state index is 9.42. The van der Waals surface area contributed by atoms with Crippen molar-refractivity contribution >= 4 is 0 Å².